The largest absolute Gasteiger partial charge is 0.481 e. The number of carbonyl (C=O) groups is 3. The summed E-state index contributed by atoms with van der Waals surface area (Å²) in [5, 5.41) is 8.93. The first-order valence-electron chi connectivity index (χ1n) is 5.99. The molecule has 2 aliphatic heterocycles. The van der Waals surface area contributed by atoms with Gasteiger partial charge in [0.25, 0.3) is 5.91 Å². The Morgan fingerprint density at radius 1 is 1.32 bits per heavy atom. The van der Waals surface area contributed by atoms with Gasteiger partial charge in [-0.05, 0) is 6.42 Å². The number of carbonyl (C=O) groups excluding carboxylic acids is 2. The maximum absolute atomic E-state index is 11.8. The van der Waals surface area contributed by atoms with Crippen molar-refractivity contribution < 1.29 is 19.5 Å². The Hall–Kier alpha value is -1.01. The quantitative estimate of drug-likeness (QED) is 0.762. The third kappa shape index (κ3) is 2.95. The molecule has 19 heavy (non-hydrogen) atoms. The predicted octanol–water partition coefficient (Wildman–Crippen LogP) is 0.324. The molecule has 0 aromatic rings. The zero-order valence-corrected chi connectivity index (χ0v) is 11.6. The van der Waals surface area contributed by atoms with Crippen LogP contribution >= 0.6 is 23.2 Å². The average molecular weight is 309 g/mol. The maximum Gasteiger partial charge on any atom is 0.308 e. The van der Waals surface area contributed by atoms with Crippen molar-refractivity contribution in [1.82, 2.24) is 9.80 Å². The Labute approximate surface area is 120 Å². The van der Waals surface area contributed by atoms with Gasteiger partial charge in [0.2, 0.25) is 5.91 Å². The number of carboxylic acid groups (broad SMARTS) is 1. The number of halogens is 2. The summed E-state index contributed by atoms with van der Waals surface area (Å²) in [7, 11) is 0. The lowest BCUT2D eigenvalue weighted by Gasteiger charge is -2.24. The molecule has 2 amide bonds. The first-order valence-corrected chi connectivity index (χ1v) is 6.86. The molecule has 2 rings (SSSR count). The monoisotopic (exact) mass is 308 g/mol. The summed E-state index contributed by atoms with van der Waals surface area (Å²) in [6.45, 7) is 1.07. The number of hydrogen-bond acceptors (Lipinski definition) is 3. The molecule has 2 aliphatic rings. The van der Waals surface area contributed by atoms with Crippen LogP contribution in [0.3, 0.4) is 0 Å². The summed E-state index contributed by atoms with van der Waals surface area (Å²) in [5.41, 5.74) is 0. The highest BCUT2D eigenvalue weighted by molar-refractivity contribution is 6.53. The van der Waals surface area contributed by atoms with E-state index in [0.29, 0.717) is 19.5 Å². The minimum absolute atomic E-state index is 0.0351. The van der Waals surface area contributed by atoms with Crippen molar-refractivity contribution >= 4 is 41.0 Å². The third-order valence-corrected chi connectivity index (χ3v) is 3.98. The van der Waals surface area contributed by atoms with E-state index in [1.54, 1.807) is 4.90 Å². The first kappa shape index (κ1) is 14.4. The minimum Gasteiger partial charge on any atom is -0.481 e. The van der Waals surface area contributed by atoms with Crippen LogP contribution in [0.5, 0.6) is 0 Å². The van der Waals surface area contributed by atoms with Crippen LogP contribution in [0.15, 0.2) is 0 Å². The van der Waals surface area contributed by atoms with E-state index in [0.717, 1.165) is 0 Å². The molecular weight excluding hydrogens is 295 g/mol. The molecular formula is C11H14Cl2N2O4. The van der Waals surface area contributed by atoms with E-state index in [1.807, 2.05) is 0 Å². The van der Waals surface area contributed by atoms with Gasteiger partial charge < -0.3 is 14.9 Å². The smallest absolute Gasteiger partial charge is 0.308 e. The van der Waals surface area contributed by atoms with E-state index in [-0.39, 0.29) is 30.8 Å². The molecule has 2 fully saturated rings. The average Bonchev–Trinajstić information content (AvgIpc) is 2.93. The molecule has 0 aliphatic carbocycles. The SMILES string of the molecule is O=C(O)C1CC(=O)N(C2CCN(C(=O)C(Cl)Cl)C2)C1. The van der Waals surface area contributed by atoms with Crippen LogP contribution in [0, 0.1) is 5.92 Å². The highest BCUT2D eigenvalue weighted by Crippen LogP contribution is 2.26. The van der Waals surface area contributed by atoms with E-state index in [1.165, 1.54) is 4.90 Å². The van der Waals surface area contributed by atoms with Crippen LogP contribution in [0.1, 0.15) is 12.8 Å². The Kier molecular flexibility index (Phi) is 4.20. The lowest BCUT2D eigenvalue weighted by molar-refractivity contribution is -0.141. The summed E-state index contributed by atoms with van der Waals surface area (Å²) in [6.07, 6.45) is 0.664. The number of alkyl halides is 2. The summed E-state index contributed by atoms with van der Waals surface area (Å²) < 4.78 is 0. The number of aliphatic carboxylic acids is 1. The molecule has 2 atom stereocenters. The maximum atomic E-state index is 11.8. The molecule has 6 nitrogen and oxygen atoms in total. The van der Waals surface area contributed by atoms with Crippen molar-refractivity contribution in [2.24, 2.45) is 5.92 Å². The van der Waals surface area contributed by atoms with Gasteiger partial charge >= 0.3 is 5.97 Å². The second-order valence-electron chi connectivity index (χ2n) is 4.81. The lowest BCUT2D eigenvalue weighted by Crippen LogP contribution is -2.41. The van der Waals surface area contributed by atoms with Gasteiger partial charge in [0.1, 0.15) is 0 Å². The summed E-state index contributed by atoms with van der Waals surface area (Å²) >= 11 is 11.1. The standard InChI is InChI=1S/C11H14Cl2N2O4/c12-9(13)10(17)14-2-1-7(5-14)15-4-6(11(18)19)3-8(15)16/h6-7,9H,1-5H2,(H,18,19). The summed E-state index contributed by atoms with van der Waals surface area (Å²) in [5.74, 6) is -2.14. The van der Waals surface area contributed by atoms with Crippen molar-refractivity contribution in [2.75, 3.05) is 19.6 Å². The molecule has 0 radical (unpaired) electrons. The molecule has 8 heteroatoms. The van der Waals surface area contributed by atoms with Crippen molar-refractivity contribution in [3.63, 3.8) is 0 Å². The van der Waals surface area contributed by atoms with Crippen molar-refractivity contribution in [3.05, 3.63) is 0 Å². The van der Waals surface area contributed by atoms with Gasteiger partial charge in [0, 0.05) is 26.1 Å². The number of hydrogen-bond donors (Lipinski definition) is 1. The van der Waals surface area contributed by atoms with Crippen LogP contribution in [0.25, 0.3) is 0 Å². The van der Waals surface area contributed by atoms with Crippen LogP contribution < -0.4 is 0 Å². The number of likely N-dealkylation sites (tertiary alicyclic amines) is 2. The Morgan fingerprint density at radius 3 is 2.53 bits per heavy atom. The van der Waals surface area contributed by atoms with Gasteiger partial charge in [-0.1, -0.05) is 23.2 Å². The lowest BCUT2D eigenvalue weighted by atomic mass is 10.1. The van der Waals surface area contributed by atoms with E-state index in [9.17, 15) is 14.4 Å². The molecule has 0 aromatic heterocycles. The van der Waals surface area contributed by atoms with Crippen molar-refractivity contribution in [1.29, 1.82) is 0 Å². The van der Waals surface area contributed by atoms with Crippen LogP contribution in [-0.2, 0) is 14.4 Å². The predicted molar refractivity (Wildman–Crippen MR) is 67.9 cm³/mol. The number of rotatable bonds is 3. The molecule has 0 saturated carbocycles. The Balaban J connectivity index is 1.96. The zero-order valence-electron chi connectivity index (χ0n) is 10.1. The number of nitrogens with zero attached hydrogens (tertiary/aromatic N) is 2. The van der Waals surface area contributed by atoms with Gasteiger partial charge in [-0.3, -0.25) is 14.4 Å². The van der Waals surface area contributed by atoms with E-state index in [4.69, 9.17) is 28.3 Å². The molecule has 0 spiro atoms. The molecule has 1 N–H and O–H groups in total. The minimum atomic E-state index is -1.10. The van der Waals surface area contributed by atoms with Crippen LogP contribution in [-0.4, -0.2) is 63.2 Å². The first-order chi connectivity index (χ1) is 8.90. The highest BCUT2D eigenvalue weighted by atomic mass is 35.5. The zero-order chi connectivity index (χ0) is 14.2. The van der Waals surface area contributed by atoms with Crippen LogP contribution in [0.4, 0.5) is 0 Å². The van der Waals surface area contributed by atoms with Crippen LogP contribution in [0.2, 0.25) is 0 Å². The van der Waals surface area contributed by atoms with Gasteiger partial charge in [0.05, 0.1) is 12.0 Å². The fourth-order valence-corrected chi connectivity index (χ4v) is 2.86. The Bertz CT molecular complexity index is 415. The normalized spacial score (nSPS) is 27.4. The molecule has 2 heterocycles. The summed E-state index contributed by atoms with van der Waals surface area (Å²) in [6, 6.07) is -0.132. The fourth-order valence-electron chi connectivity index (χ4n) is 2.58. The molecule has 2 saturated heterocycles. The van der Waals surface area contributed by atoms with E-state index in [2.05, 4.69) is 0 Å². The Morgan fingerprint density at radius 2 is 2.00 bits per heavy atom. The van der Waals surface area contributed by atoms with E-state index >= 15 is 0 Å². The number of amides is 2. The van der Waals surface area contributed by atoms with E-state index < -0.39 is 16.7 Å². The topological polar surface area (TPSA) is 77.9 Å². The number of carboxylic acids is 1. The van der Waals surface area contributed by atoms with Gasteiger partial charge in [0.15, 0.2) is 4.84 Å². The molecule has 106 valence electrons. The highest BCUT2D eigenvalue weighted by Gasteiger charge is 2.41. The fraction of sp³-hybridized carbons (Fsp3) is 0.727. The van der Waals surface area contributed by atoms with Crippen molar-refractivity contribution in [3.8, 4) is 0 Å². The van der Waals surface area contributed by atoms with Gasteiger partial charge in [-0.2, -0.15) is 0 Å². The van der Waals surface area contributed by atoms with Gasteiger partial charge in [-0.15, -0.1) is 0 Å². The van der Waals surface area contributed by atoms with Crippen molar-refractivity contribution in [2.45, 2.75) is 23.7 Å². The second-order valence-corrected chi connectivity index (χ2v) is 5.91. The second kappa shape index (κ2) is 5.54. The molecule has 0 bridgehead atoms. The molecule has 2 unspecified atom stereocenters. The molecule has 0 aromatic carbocycles. The summed E-state index contributed by atoms with van der Waals surface area (Å²) in [4.78, 5) is 36.3. The van der Waals surface area contributed by atoms with Gasteiger partial charge in [-0.25, -0.2) is 0 Å². The third-order valence-electron chi connectivity index (χ3n) is 3.61.